The van der Waals surface area contributed by atoms with Gasteiger partial charge in [-0.3, -0.25) is 9.36 Å². The largest absolute Gasteiger partial charge is 0.756 e. The third-order valence-electron chi connectivity index (χ3n) is 9.38. The van der Waals surface area contributed by atoms with E-state index in [1.807, 2.05) is 27.2 Å². The lowest BCUT2D eigenvalue weighted by atomic mass is 10.0. The van der Waals surface area contributed by atoms with E-state index in [0.29, 0.717) is 17.4 Å². The molecule has 56 heavy (non-hydrogen) atoms. The van der Waals surface area contributed by atoms with Gasteiger partial charge in [0, 0.05) is 6.42 Å². The monoisotopic (exact) mass is 805 g/mol. The molecule has 0 radical (unpaired) electrons. The molecular weight excluding hydrogens is 719 g/mol. The van der Waals surface area contributed by atoms with Gasteiger partial charge < -0.3 is 28.8 Å². The minimum absolute atomic E-state index is 0.00964. The summed E-state index contributed by atoms with van der Waals surface area (Å²) in [5.74, 6) is -0.217. The number of unbranched alkanes of at least 4 members (excludes halogenated alkanes) is 16. The number of allylic oxidation sites excluding steroid dienone is 11. The average Bonchev–Trinajstić information content (AvgIpc) is 3.15. The van der Waals surface area contributed by atoms with Crippen molar-refractivity contribution in [3.05, 3.63) is 72.9 Å². The van der Waals surface area contributed by atoms with Gasteiger partial charge in [-0.2, -0.15) is 0 Å². The maximum absolute atomic E-state index is 12.8. The van der Waals surface area contributed by atoms with Crippen LogP contribution in [0.2, 0.25) is 0 Å². The number of amides is 1. The van der Waals surface area contributed by atoms with Crippen molar-refractivity contribution in [3.63, 3.8) is 0 Å². The van der Waals surface area contributed by atoms with Crippen molar-refractivity contribution in [3.8, 4) is 0 Å². The molecule has 0 aliphatic rings. The Morgan fingerprint density at radius 3 is 1.64 bits per heavy atom. The van der Waals surface area contributed by atoms with Crippen LogP contribution in [0.1, 0.15) is 168 Å². The average molecular weight is 805 g/mol. The number of phosphoric acid groups is 1. The van der Waals surface area contributed by atoms with E-state index in [1.165, 1.54) is 77.0 Å². The molecule has 0 spiro atoms. The van der Waals surface area contributed by atoms with Gasteiger partial charge in [0.1, 0.15) is 13.2 Å². The van der Waals surface area contributed by atoms with Gasteiger partial charge in [0.15, 0.2) is 0 Å². The molecule has 0 heterocycles. The third kappa shape index (κ3) is 40.1. The van der Waals surface area contributed by atoms with Crippen LogP contribution in [0.15, 0.2) is 72.9 Å². The number of hydrogen-bond donors (Lipinski definition) is 2. The molecule has 0 aromatic rings. The molecule has 0 saturated carbocycles. The molecule has 0 bridgehead atoms. The molecule has 0 fully saturated rings. The maximum Gasteiger partial charge on any atom is 0.268 e. The third-order valence-corrected chi connectivity index (χ3v) is 10.3. The summed E-state index contributed by atoms with van der Waals surface area (Å²) in [4.78, 5) is 25.2. The Bertz CT molecular complexity index is 1140. The van der Waals surface area contributed by atoms with E-state index in [0.717, 1.165) is 70.6 Å². The standard InChI is InChI=1S/C47H85N2O6P/c1-6-8-10-12-14-15-16-17-18-19-20-21-22-23-24-25-26-27-28-29-30-31-32-33-35-37-39-41-47(51)48-45(46(50)40-38-36-34-13-11-9-7-2)44-55-56(52,53)54-43-42-49(3,4)5/h8,10-11,13-15,17-18,20-21,38,40,45-46,50H,6-7,9,12,16,19,22-37,39,41-44H2,1-5H3,(H-,48,51,52,53)/b10-8-,13-11+,15-14-,18-17-,21-20-,40-38+. The molecule has 324 valence electrons. The van der Waals surface area contributed by atoms with Gasteiger partial charge >= 0.3 is 0 Å². The molecule has 0 aromatic heterocycles. The molecular formula is C47H85N2O6P. The van der Waals surface area contributed by atoms with Crippen molar-refractivity contribution in [1.82, 2.24) is 5.32 Å². The zero-order valence-corrected chi connectivity index (χ0v) is 37.5. The Kier molecular flexibility index (Phi) is 37.0. The van der Waals surface area contributed by atoms with E-state index in [9.17, 15) is 19.4 Å². The molecule has 0 saturated heterocycles. The molecule has 0 aliphatic heterocycles. The normalized spacial score (nSPS) is 15.1. The second kappa shape index (κ2) is 38.5. The van der Waals surface area contributed by atoms with Crippen LogP contribution >= 0.6 is 7.82 Å². The minimum atomic E-state index is -4.59. The van der Waals surface area contributed by atoms with Crippen LogP contribution in [0.25, 0.3) is 0 Å². The van der Waals surface area contributed by atoms with Crippen molar-refractivity contribution in [2.24, 2.45) is 0 Å². The topological polar surface area (TPSA) is 108 Å². The first kappa shape index (κ1) is 53.9. The SMILES string of the molecule is CC/C=C\C/C=C\C/C=C\C/C=C\CCCCCCCCCCCCCCCCC(=O)NC(COP(=O)([O-])OCC[N+](C)(C)C)C(O)/C=C/CC/C=C/CCC. The highest BCUT2D eigenvalue weighted by atomic mass is 31.2. The van der Waals surface area contributed by atoms with Gasteiger partial charge in [0.25, 0.3) is 7.82 Å². The number of carbonyl (C=O) groups is 1. The van der Waals surface area contributed by atoms with E-state index in [-0.39, 0.29) is 12.5 Å². The number of hydrogen-bond acceptors (Lipinski definition) is 6. The van der Waals surface area contributed by atoms with E-state index < -0.39 is 26.6 Å². The lowest BCUT2D eigenvalue weighted by Crippen LogP contribution is -2.45. The second-order valence-electron chi connectivity index (χ2n) is 16.0. The molecule has 3 unspecified atom stereocenters. The van der Waals surface area contributed by atoms with Crippen LogP contribution in [-0.2, 0) is 18.4 Å². The zero-order valence-electron chi connectivity index (χ0n) is 36.6. The molecule has 8 nitrogen and oxygen atoms in total. The Hall–Kier alpha value is -2.06. The fraction of sp³-hybridized carbons (Fsp3) is 0.723. The number of carbonyl (C=O) groups excluding carboxylic acids is 1. The first-order valence-corrected chi connectivity index (χ1v) is 23.8. The molecule has 0 aliphatic carbocycles. The van der Waals surface area contributed by atoms with Crippen LogP contribution in [-0.4, -0.2) is 68.5 Å². The predicted octanol–water partition coefficient (Wildman–Crippen LogP) is 11.8. The summed E-state index contributed by atoms with van der Waals surface area (Å²) in [6.45, 7) is 4.38. The van der Waals surface area contributed by atoms with Gasteiger partial charge in [0.05, 0.1) is 39.9 Å². The van der Waals surface area contributed by atoms with E-state index in [2.05, 4.69) is 79.9 Å². The lowest BCUT2D eigenvalue weighted by Gasteiger charge is -2.29. The minimum Gasteiger partial charge on any atom is -0.756 e. The summed E-state index contributed by atoms with van der Waals surface area (Å²) in [5.41, 5.74) is 0. The van der Waals surface area contributed by atoms with Crippen LogP contribution in [0.4, 0.5) is 0 Å². The molecule has 9 heteroatoms. The summed E-state index contributed by atoms with van der Waals surface area (Å²) in [6, 6.07) is -0.903. The lowest BCUT2D eigenvalue weighted by molar-refractivity contribution is -0.870. The fourth-order valence-electron chi connectivity index (χ4n) is 5.87. The van der Waals surface area contributed by atoms with Gasteiger partial charge in [-0.05, 0) is 64.2 Å². The van der Waals surface area contributed by atoms with Crippen LogP contribution in [0.5, 0.6) is 0 Å². The van der Waals surface area contributed by atoms with Gasteiger partial charge in [-0.15, -0.1) is 0 Å². The van der Waals surface area contributed by atoms with Gasteiger partial charge in [0.2, 0.25) is 5.91 Å². The Morgan fingerprint density at radius 1 is 0.643 bits per heavy atom. The van der Waals surface area contributed by atoms with Gasteiger partial charge in [-0.25, -0.2) is 0 Å². The summed E-state index contributed by atoms with van der Waals surface area (Å²) < 4.78 is 23.0. The number of aliphatic hydroxyl groups excluding tert-OH is 1. The van der Waals surface area contributed by atoms with Crippen molar-refractivity contribution in [1.29, 1.82) is 0 Å². The molecule has 3 atom stereocenters. The summed E-state index contributed by atoms with van der Waals surface area (Å²) >= 11 is 0. The maximum atomic E-state index is 12.8. The summed E-state index contributed by atoms with van der Waals surface area (Å²) in [5, 5.41) is 13.6. The van der Waals surface area contributed by atoms with Crippen LogP contribution in [0, 0.1) is 0 Å². The van der Waals surface area contributed by atoms with E-state index in [1.54, 1.807) is 6.08 Å². The second-order valence-corrected chi connectivity index (χ2v) is 17.4. The quantitative estimate of drug-likeness (QED) is 0.0277. The highest BCUT2D eigenvalue weighted by molar-refractivity contribution is 7.45. The number of aliphatic hydroxyl groups is 1. The summed E-state index contributed by atoms with van der Waals surface area (Å²) in [7, 11) is 1.23. The van der Waals surface area contributed by atoms with Crippen molar-refractivity contribution < 1.29 is 32.9 Å². The molecule has 0 aromatic carbocycles. The molecule has 0 rings (SSSR count). The van der Waals surface area contributed by atoms with Crippen molar-refractivity contribution in [2.75, 3.05) is 40.9 Å². The predicted molar refractivity (Wildman–Crippen MR) is 237 cm³/mol. The number of nitrogens with one attached hydrogen (secondary N) is 1. The molecule has 2 N–H and O–H groups in total. The van der Waals surface area contributed by atoms with Crippen LogP contribution in [0.3, 0.4) is 0 Å². The Labute approximate surface area is 344 Å². The van der Waals surface area contributed by atoms with Crippen molar-refractivity contribution >= 4 is 13.7 Å². The van der Waals surface area contributed by atoms with E-state index in [4.69, 9.17) is 9.05 Å². The highest BCUT2D eigenvalue weighted by Crippen LogP contribution is 2.38. The van der Waals surface area contributed by atoms with Crippen LogP contribution < -0.4 is 10.2 Å². The number of phosphoric ester groups is 1. The van der Waals surface area contributed by atoms with Gasteiger partial charge in [-0.1, -0.05) is 170 Å². The summed E-state index contributed by atoms with van der Waals surface area (Å²) in [6.07, 6.45) is 51.3. The highest BCUT2D eigenvalue weighted by Gasteiger charge is 2.23. The first-order valence-electron chi connectivity index (χ1n) is 22.3. The molecule has 1 amide bonds. The Balaban J connectivity index is 4.08. The smallest absolute Gasteiger partial charge is 0.268 e. The van der Waals surface area contributed by atoms with E-state index >= 15 is 0 Å². The number of nitrogens with zero attached hydrogens (tertiary/aromatic N) is 1. The van der Waals surface area contributed by atoms with Crippen molar-refractivity contribution in [2.45, 2.75) is 180 Å². The first-order chi connectivity index (χ1) is 27.0. The number of likely N-dealkylation sites (N-methyl/N-ethyl adjacent to an activating group) is 1. The zero-order chi connectivity index (χ0) is 41.4. The number of quaternary nitrogens is 1. The fourth-order valence-corrected chi connectivity index (χ4v) is 6.59. The Morgan fingerprint density at radius 2 is 1.11 bits per heavy atom. The number of rotatable bonds is 39.